The van der Waals surface area contributed by atoms with Gasteiger partial charge < -0.3 is 15.5 Å². The third-order valence-corrected chi connectivity index (χ3v) is 3.58. The Balaban J connectivity index is 0.00000133. The van der Waals surface area contributed by atoms with Crippen LogP contribution in [0.3, 0.4) is 0 Å². The standard InChI is InChI=1S/C14H16N2O2.ClH/c1-8-5-9-6-14(2,7-15)18-13(9)10-3-4-11(17)16-12(8)10;/h3-5H,6-7,15H2,1-2H3,(H,16,17);1H. The molecule has 3 rings (SSSR count). The van der Waals surface area contributed by atoms with Crippen molar-refractivity contribution in [2.24, 2.45) is 5.73 Å². The van der Waals surface area contributed by atoms with Gasteiger partial charge in [-0.25, -0.2) is 0 Å². The van der Waals surface area contributed by atoms with Crippen molar-refractivity contribution in [3.05, 3.63) is 39.7 Å². The monoisotopic (exact) mass is 280 g/mol. The van der Waals surface area contributed by atoms with Crippen LogP contribution in [-0.4, -0.2) is 17.1 Å². The number of halogens is 1. The molecule has 0 spiro atoms. The maximum absolute atomic E-state index is 11.4. The van der Waals surface area contributed by atoms with E-state index in [-0.39, 0.29) is 23.6 Å². The van der Waals surface area contributed by atoms with E-state index in [0.717, 1.165) is 28.6 Å². The van der Waals surface area contributed by atoms with E-state index in [9.17, 15) is 4.79 Å². The number of benzene rings is 1. The molecule has 2 aromatic rings. The first-order valence-corrected chi connectivity index (χ1v) is 6.07. The van der Waals surface area contributed by atoms with Crippen LogP contribution in [0.5, 0.6) is 5.75 Å². The molecular weight excluding hydrogens is 264 g/mol. The molecule has 1 aliphatic heterocycles. The van der Waals surface area contributed by atoms with E-state index in [2.05, 4.69) is 11.1 Å². The lowest BCUT2D eigenvalue weighted by molar-refractivity contribution is 0.127. The van der Waals surface area contributed by atoms with Crippen molar-refractivity contribution in [2.45, 2.75) is 25.9 Å². The molecule has 0 amide bonds. The lowest BCUT2D eigenvalue weighted by Gasteiger charge is -2.21. The van der Waals surface area contributed by atoms with Crippen LogP contribution in [-0.2, 0) is 6.42 Å². The number of nitrogens with one attached hydrogen (secondary N) is 1. The van der Waals surface area contributed by atoms with Gasteiger partial charge in [0.15, 0.2) is 0 Å². The summed E-state index contributed by atoms with van der Waals surface area (Å²) in [6, 6.07) is 5.43. The Labute approximate surface area is 117 Å². The topological polar surface area (TPSA) is 68.1 Å². The maximum Gasteiger partial charge on any atom is 0.248 e. The summed E-state index contributed by atoms with van der Waals surface area (Å²) in [5.74, 6) is 0.861. The van der Waals surface area contributed by atoms with E-state index in [1.54, 1.807) is 0 Å². The zero-order valence-corrected chi connectivity index (χ0v) is 11.8. The molecule has 0 bridgehead atoms. The fourth-order valence-corrected chi connectivity index (χ4v) is 2.60. The molecule has 4 nitrogen and oxygen atoms in total. The van der Waals surface area contributed by atoms with Gasteiger partial charge in [-0.05, 0) is 31.0 Å². The molecule has 2 heterocycles. The van der Waals surface area contributed by atoms with Crippen LogP contribution < -0.4 is 16.0 Å². The molecule has 1 aromatic heterocycles. The summed E-state index contributed by atoms with van der Waals surface area (Å²) >= 11 is 0. The van der Waals surface area contributed by atoms with Gasteiger partial charge in [0, 0.05) is 24.4 Å². The Morgan fingerprint density at radius 1 is 1.47 bits per heavy atom. The van der Waals surface area contributed by atoms with Gasteiger partial charge in [0.2, 0.25) is 5.56 Å². The van der Waals surface area contributed by atoms with Crippen molar-refractivity contribution in [3.8, 4) is 5.75 Å². The molecular formula is C14H17ClN2O2. The molecule has 0 saturated carbocycles. The SMILES string of the molecule is Cc1cc2c(c3ccc(=O)[nH]c13)OC(C)(CN)C2.Cl. The molecule has 102 valence electrons. The van der Waals surface area contributed by atoms with Crippen molar-refractivity contribution in [2.75, 3.05) is 6.54 Å². The lowest BCUT2D eigenvalue weighted by atomic mass is 9.97. The van der Waals surface area contributed by atoms with Crippen molar-refractivity contribution in [1.29, 1.82) is 0 Å². The van der Waals surface area contributed by atoms with E-state index in [0.29, 0.717) is 6.54 Å². The fraction of sp³-hybridized carbons (Fsp3) is 0.357. The largest absolute Gasteiger partial charge is 0.485 e. The molecule has 0 saturated heterocycles. The summed E-state index contributed by atoms with van der Waals surface area (Å²) in [6.45, 7) is 4.49. The number of rotatable bonds is 1. The number of hydrogen-bond acceptors (Lipinski definition) is 3. The molecule has 1 unspecified atom stereocenters. The Kier molecular flexibility index (Phi) is 3.32. The minimum Gasteiger partial charge on any atom is -0.485 e. The highest BCUT2D eigenvalue weighted by atomic mass is 35.5. The number of pyridine rings is 1. The average Bonchev–Trinajstić information content (AvgIpc) is 2.67. The number of hydrogen-bond donors (Lipinski definition) is 2. The molecule has 19 heavy (non-hydrogen) atoms. The minimum atomic E-state index is -0.334. The number of aromatic nitrogens is 1. The second-order valence-electron chi connectivity index (χ2n) is 5.23. The zero-order valence-electron chi connectivity index (χ0n) is 10.9. The fourth-order valence-electron chi connectivity index (χ4n) is 2.60. The molecule has 0 radical (unpaired) electrons. The van der Waals surface area contributed by atoms with Gasteiger partial charge in [-0.1, -0.05) is 6.07 Å². The molecule has 5 heteroatoms. The molecule has 3 N–H and O–H groups in total. The summed E-state index contributed by atoms with van der Waals surface area (Å²) in [5.41, 5.74) is 8.42. The molecule has 0 aliphatic carbocycles. The molecule has 0 fully saturated rings. The number of aromatic amines is 1. The third-order valence-electron chi connectivity index (χ3n) is 3.58. The van der Waals surface area contributed by atoms with E-state index in [1.807, 2.05) is 19.9 Å². The van der Waals surface area contributed by atoms with Gasteiger partial charge in [-0.15, -0.1) is 12.4 Å². The summed E-state index contributed by atoms with van der Waals surface area (Å²) in [5, 5.41) is 0.960. The molecule has 1 aliphatic rings. The summed E-state index contributed by atoms with van der Waals surface area (Å²) in [6.07, 6.45) is 0.814. The van der Waals surface area contributed by atoms with Gasteiger partial charge in [0.1, 0.15) is 11.4 Å². The highest BCUT2D eigenvalue weighted by molar-refractivity contribution is 5.89. The van der Waals surface area contributed by atoms with Crippen LogP contribution in [0.2, 0.25) is 0 Å². The van der Waals surface area contributed by atoms with E-state index >= 15 is 0 Å². The normalized spacial score (nSPS) is 20.8. The second kappa shape index (κ2) is 4.54. The van der Waals surface area contributed by atoms with E-state index in [4.69, 9.17) is 10.5 Å². The van der Waals surface area contributed by atoms with Gasteiger partial charge in [-0.3, -0.25) is 4.79 Å². The van der Waals surface area contributed by atoms with Gasteiger partial charge in [0.05, 0.1) is 5.52 Å². The Morgan fingerprint density at radius 2 is 2.21 bits per heavy atom. The Bertz CT molecular complexity index is 696. The Hall–Kier alpha value is -1.52. The van der Waals surface area contributed by atoms with E-state index < -0.39 is 0 Å². The molecule has 1 aromatic carbocycles. The first-order chi connectivity index (χ1) is 8.52. The van der Waals surface area contributed by atoms with Crippen molar-refractivity contribution in [1.82, 2.24) is 4.98 Å². The highest BCUT2D eigenvalue weighted by Crippen LogP contribution is 2.40. The predicted octanol–water partition coefficient (Wildman–Crippen LogP) is 1.91. The zero-order chi connectivity index (χ0) is 12.9. The average molecular weight is 281 g/mol. The molecule has 1 atom stereocenters. The number of ether oxygens (including phenoxy) is 1. The highest BCUT2D eigenvalue weighted by Gasteiger charge is 2.35. The van der Waals surface area contributed by atoms with E-state index in [1.165, 1.54) is 11.6 Å². The quantitative estimate of drug-likeness (QED) is 0.838. The van der Waals surface area contributed by atoms with Crippen LogP contribution >= 0.6 is 12.4 Å². The van der Waals surface area contributed by atoms with Crippen molar-refractivity contribution < 1.29 is 4.74 Å². The first kappa shape index (κ1) is 13.9. The van der Waals surface area contributed by atoms with Gasteiger partial charge >= 0.3 is 0 Å². The summed E-state index contributed by atoms with van der Waals surface area (Å²) in [4.78, 5) is 14.3. The predicted molar refractivity (Wildman–Crippen MR) is 78.3 cm³/mol. The third kappa shape index (κ3) is 2.11. The number of nitrogens with two attached hydrogens (primary N) is 1. The smallest absolute Gasteiger partial charge is 0.248 e. The number of aryl methyl sites for hydroxylation is 1. The van der Waals surface area contributed by atoms with Crippen LogP contribution in [0, 0.1) is 6.92 Å². The van der Waals surface area contributed by atoms with Crippen LogP contribution in [0.25, 0.3) is 10.9 Å². The van der Waals surface area contributed by atoms with Gasteiger partial charge in [0.25, 0.3) is 0 Å². The first-order valence-electron chi connectivity index (χ1n) is 6.07. The second-order valence-corrected chi connectivity index (χ2v) is 5.23. The van der Waals surface area contributed by atoms with Gasteiger partial charge in [-0.2, -0.15) is 0 Å². The summed E-state index contributed by atoms with van der Waals surface area (Å²) in [7, 11) is 0. The minimum absolute atomic E-state index is 0. The van der Waals surface area contributed by atoms with Crippen LogP contribution in [0.4, 0.5) is 0 Å². The lowest BCUT2D eigenvalue weighted by Crippen LogP contribution is -2.38. The van der Waals surface area contributed by atoms with Crippen LogP contribution in [0.15, 0.2) is 23.0 Å². The Morgan fingerprint density at radius 3 is 2.89 bits per heavy atom. The summed E-state index contributed by atoms with van der Waals surface area (Å²) < 4.78 is 6.00. The van der Waals surface area contributed by atoms with Crippen molar-refractivity contribution in [3.63, 3.8) is 0 Å². The van der Waals surface area contributed by atoms with Crippen molar-refractivity contribution >= 4 is 23.3 Å². The number of fused-ring (bicyclic) bond motifs is 3. The number of H-pyrrole nitrogens is 1. The maximum atomic E-state index is 11.4. The van der Waals surface area contributed by atoms with Crippen LogP contribution in [0.1, 0.15) is 18.1 Å².